The zero-order valence-corrected chi connectivity index (χ0v) is 16.1. The highest BCUT2D eigenvalue weighted by molar-refractivity contribution is 7.99. The maximum Gasteiger partial charge on any atom is 0.277 e. The number of halogens is 1. The predicted molar refractivity (Wildman–Crippen MR) is 106 cm³/mol. The average Bonchev–Trinajstić information content (AvgIpc) is 3.33. The van der Waals surface area contributed by atoms with E-state index in [0.717, 1.165) is 16.9 Å². The van der Waals surface area contributed by atoms with Crippen molar-refractivity contribution in [2.75, 3.05) is 11.1 Å². The number of carbonyl (C=O) groups is 1. The minimum atomic E-state index is -0.198. The van der Waals surface area contributed by atoms with Crippen LogP contribution < -0.4 is 5.32 Å². The number of amides is 1. The summed E-state index contributed by atoms with van der Waals surface area (Å²) in [6, 6.07) is 11.1. The maximum absolute atomic E-state index is 12.0. The first-order valence-electron chi connectivity index (χ1n) is 8.46. The quantitative estimate of drug-likeness (QED) is 0.351. The molecule has 0 atom stereocenters. The van der Waals surface area contributed by atoms with Crippen LogP contribution in [0, 0.1) is 0 Å². The number of thioether (sulfide) groups is 1. The van der Waals surface area contributed by atoms with Crippen LogP contribution in [0.15, 0.2) is 52.2 Å². The first-order valence-corrected chi connectivity index (χ1v) is 9.82. The predicted octanol–water partition coefficient (Wildman–Crippen LogP) is 3.51. The molecular formula is C18H15ClN6O2S. The molecule has 0 radical (unpaired) electrons. The smallest absolute Gasteiger partial charge is 0.277 e. The number of benzene rings is 1. The lowest BCUT2D eigenvalue weighted by molar-refractivity contribution is -0.113. The van der Waals surface area contributed by atoms with Crippen molar-refractivity contribution in [1.29, 1.82) is 0 Å². The number of hydrogen-bond acceptors (Lipinski definition) is 7. The number of nitrogens with one attached hydrogen (secondary N) is 2. The lowest BCUT2D eigenvalue weighted by atomic mass is 10.3. The molecule has 4 rings (SSSR count). The average molecular weight is 415 g/mol. The van der Waals surface area contributed by atoms with Crippen molar-refractivity contribution in [3.8, 4) is 0 Å². The van der Waals surface area contributed by atoms with Crippen LogP contribution in [0.2, 0.25) is 5.15 Å². The van der Waals surface area contributed by atoms with Gasteiger partial charge in [0.25, 0.3) is 5.22 Å². The van der Waals surface area contributed by atoms with Crippen molar-refractivity contribution in [1.82, 2.24) is 25.1 Å². The zero-order chi connectivity index (χ0) is 19.3. The van der Waals surface area contributed by atoms with Crippen molar-refractivity contribution in [3.05, 3.63) is 59.5 Å². The number of pyridine rings is 1. The summed E-state index contributed by atoms with van der Waals surface area (Å²) in [7, 11) is 0. The van der Waals surface area contributed by atoms with Gasteiger partial charge in [0.2, 0.25) is 11.8 Å². The van der Waals surface area contributed by atoms with Gasteiger partial charge in [-0.05, 0) is 24.3 Å². The van der Waals surface area contributed by atoms with E-state index >= 15 is 0 Å². The first kappa shape index (κ1) is 18.5. The molecule has 4 aromatic rings. The molecule has 0 bridgehead atoms. The van der Waals surface area contributed by atoms with Crippen molar-refractivity contribution >= 4 is 46.0 Å². The molecule has 3 aromatic heterocycles. The molecule has 1 aromatic carbocycles. The third-order valence-electron chi connectivity index (χ3n) is 3.80. The second-order valence-corrected chi connectivity index (χ2v) is 7.18. The summed E-state index contributed by atoms with van der Waals surface area (Å²) < 4.78 is 5.59. The van der Waals surface area contributed by atoms with E-state index in [2.05, 4.69) is 30.5 Å². The molecule has 0 fully saturated rings. The molecule has 0 saturated heterocycles. The number of nitrogens with zero attached hydrogens (tertiary/aromatic N) is 4. The van der Waals surface area contributed by atoms with E-state index in [1.807, 2.05) is 24.3 Å². The van der Waals surface area contributed by atoms with Crippen LogP contribution in [0.5, 0.6) is 0 Å². The van der Waals surface area contributed by atoms with Crippen LogP contribution in [0.3, 0.4) is 0 Å². The Hall–Kier alpha value is -2.91. The fraction of sp³-hybridized carbons (Fsp3) is 0.167. The summed E-state index contributed by atoms with van der Waals surface area (Å²) >= 11 is 6.89. The Morgan fingerprint density at radius 3 is 2.89 bits per heavy atom. The molecule has 1 amide bonds. The minimum absolute atomic E-state index is 0.147. The third kappa shape index (κ3) is 4.68. The summed E-state index contributed by atoms with van der Waals surface area (Å²) in [4.78, 5) is 23.7. The summed E-state index contributed by atoms with van der Waals surface area (Å²) in [6.07, 6.45) is 2.72. The number of aryl methyl sites for hydroxylation is 2. The van der Waals surface area contributed by atoms with E-state index < -0.39 is 0 Å². The van der Waals surface area contributed by atoms with Gasteiger partial charge in [0.1, 0.15) is 11.0 Å². The second-order valence-electron chi connectivity index (χ2n) is 5.87. The number of fused-ring (bicyclic) bond motifs is 1. The highest BCUT2D eigenvalue weighted by Gasteiger charge is 2.11. The molecular weight excluding hydrogens is 400 g/mol. The van der Waals surface area contributed by atoms with Crippen LogP contribution in [0.25, 0.3) is 11.0 Å². The van der Waals surface area contributed by atoms with E-state index in [9.17, 15) is 4.79 Å². The van der Waals surface area contributed by atoms with E-state index in [4.69, 9.17) is 16.0 Å². The lowest BCUT2D eigenvalue weighted by Crippen LogP contribution is -2.14. The largest absolute Gasteiger partial charge is 0.416 e. The Morgan fingerprint density at radius 1 is 1.18 bits per heavy atom. The highest BCUT2D eigenvalue weighted by atomic mass is 35.5. The molecule has 10 heteroatoms. The van der Waals surface area contributed by atoms with E-state index in [-0.39, 0.29) is 11.7 Å². The molecule has 0 aliphatic rings. The van der Waals surface area contributed by atoms with Crippen LogP contribution in [-0.4, -0.2) is 36.8 Å². The van der Waals surface area contributed by atoms with Gasteiger partial charge in [-0.3, -0.25) is 4.79 Å². The van der Waals surface area contributed by atoms with E-state index in [1.54, 1.807) is 12.1 Å². The molecule has 0 unspecified atom stereocenters. The van der Waals surface area contributed by atoms with Crippen molar-refractivity contribution < 1.29 is 9.21 Å². The number of carbonyl (C=O) groups excluding carboxylic acids is 1. The molecule has 28 heavy (non-hydrogen) atoms. The first-order chi connectivity index (χ1) is 13.7. The summed E-state index contributed by atoms with van der Waals surface area (Å²) in [5.41, 5.74) is 2.51. The van der Waals surface area contributed by atoms with Crippen molar-refractivity contribution in [2.45, 2.75) is 18.1 Å². The zero-order valence-electron chi connectivity index (χ0n) is 14.6. The number of aromatic nitrogens is 5. The maximum atomic E-state index is 12.0. The minimum Gasteiger partial charge on any atom is -0.416 e. The molecule has 2 N–H and O–H groups in total. The fourth-order valence-electron chi connectivity index (χ4n) is 2.52. The Bertz CT molecular complexity index is 1060. The third-order valence-corrected chi connectivity index (χ3v) is 4.84. The normalized spacial score (nSPS) is 11.0. The SMILES string of the molecule is O=C(CSc1nnc(CCc2nc3ccccc3[nH]2)o1)Nc1ccc(Cl)nc1. The Balaban J connectivity index is 1.26. The molecule has 0 saturated carbocycles. The van der Waals surface area contributed by atoms with Crippen molar-refractivity contribution in [3.63, 3.8) is 0 Å². The number of H-pyrrole nitrogens is 1. The standard InChI is InChI=1S/C18H15ClN6O2S/c19-14-6-5-11(9-20-14)21-16(26)10-28-18-25-24-17(27-18)8-7-15-22-12-3-1-2-4-13(12)23-15/h1-6,9H,7-8,10H2,(H,21,26)(H,22,23). The second kappa shape index (κ2) is 8.41. The van der Waals surface area contributed by atoms with Gasteiger partial charge in [-0.15, -0.1) is 10.2 Å². The number of aromatic amines is 1. The number of hydrogen-bond donors (Lipinski definition) is 2. The van der Waals surface area contributed by atoms with E-state index in [0.29, 0.717) is 34.8 Å². The summed E-state index contributed by atoms with van der Waals surface area (Å²) in [5.74, 6) is 1.32. The molecule has 142 valence electrons. The molecule has 3 heterocycles. The van der Waals surface area contributed by atoms with Gasteiger partial charge in [-0.1, -0.05) is 35.5 Å². The van der Waals surface area contributed by atoms with Crippen LogP contribution in [0.1, 0.15) is 11.7 Å². The van der Waals surface area contributed by atoms with Gasteiger partial charge in [0.05, 0.1) is 28.7 Å². The fourth-order valence-corrected chi connectivity index (χ4v) is 3.21. The van der Waals surface area contributed by atoms with Crippen LogP contribution in [0.4, 0.5) is 5.69 Å². The summed E-state index contributed by atoms with van der Waals surface area (Å²) in [5, 5.41) is 11.4. The Labute approximate surface area is 169 Å². The van der Waals surface area contributed by atoms with E-state index in [1.165, 1.54) is 18.0 Å². The molecule has 0 spiro atoms. The van der Waals surface area contributed by atoms with Crippen molar-refractivity contribution in [2.24, 2.45) is 0 Å². The highest BCUT2D eigenvalue weighted by Crippen LogP contribution is 2.18. The van der Waals surface area contributed by atoms with Crippen LogP contribution in [-0.2, 0) is 17.6 Å². The van der Waals surface area contributed by atoms with Gasteiger partial charge in [0, 0.05) is 12.8 Å². The van der Waals surface area contributed by atoms with Crippen LogP contribution >= 0.6 is 23.4 Å². The topological polar surface area (TPSA) is 110 Å². The summed E-state index contributed by atoms with van der Waals surface area (Å²) in [6.45, 7) is 0. The van der Waals surface area contributed by atoms with Gasteiger partial charge < -0.3 is 14.7 Å². The molecule has 0 aliphatic carbocycles. The van der Waals surface area contributed by atoms with Gasteiger partial charge in [-0.25, -0.2) is 9.97 Å². The molecule has 0 aliphatic heterocycles. The van der Waals surface area contributed by atoms with Gasteiger partial charge in [0.15, 0.2) is 0 Å². The van der Waals surface area contributed by atoms with Gasteiger partial charge in [-0.2, -0.15) is 0 Å². The van der Waals surface area contributed by atoms with Gasteiger partial charge >= 0.3 is 0 Å². The number of rotatable bonds is 7. The number of anilines is 1. The molecule has 8 nitrogen and oxygen atoms in total. The lowest BCUT2D eigenvalue weighted by Gasteiger charge is -2.02. The Morgan fingerprint density at radius 2 is 2.07 bits per heavy atom. The monoisotopic (exact) mass is 414 g/mol. The Kier molecular flexibility index (Phi) is 5.54. The number of imidazole rings is 1. The number of para-hydroxylation sites is 2.